The van der Waals surface area contributed by atoms with E-state index in [1.165, 1.54) is 11.8 Å². The molecule has 0 aliphatic carbocycles. The number of halogens is 5. The standard InChI is InChI=1S/C21H31F5N6O/c1-13(33)31-7-3-14(4-8-31)16-11-18(29-17-10-15(2-6-27-17)21(24,25)26)30-19(28-16)32-9-5-20(22,23)12-32/h14-16,18H,2-12H2,1H3,(H,27,29)(H,28,30). The summed E-state index contributed by atoms with van der Waals surface area (Å²) in [4.78, 5) is 23.8. The highest BCUT2D eigenvalue weighted by molar-refractivity contribution is 5.85. The molecular weight excluding hydrogens is 447 g/mol. The first-order valence-corrected chi connectivity index (χ1v) is 11.6. The van der Waals surface area contributed by atoms with Crippen molar-refractivity contribution in [3.63, 3.8) is 0 Å². The molecular formula is C21H31F5N6O. The molecule has 4 aliphatic heterocycles. The molecule has 0 spiro atoms. The van der Waals surface area contributed by atoms with Crippen molar-refractivity contribution in [3.05, 3.63) is 0 Å². The summed E-state index contributed by atoms with van der Waals surface area (Å²) >= 11 is 0. The van der Waals surface area contributed by atoms with E-state index in [9.17, 15) is 26.7 Å². The van der Waals surface area contributed by atoms with Crippen LogP contribution in [0.1, 0.15) is 45.4 Å². The van der Waals surface area contributed by atoms with E-state index >= 15 is 0 Å². The Morgan fingerprint density at radius 3 is 2.52 bits per heavy atom. The summed E-state index contributed by atoms with van der Waals surface area (Å²) in [5.74, 6) is -3.36. The van der Waals surface area contributed by atoms with Crippen molar-refractivity contribution in [3.8, 4) is 0 Å². The number of amidine groups is 1. The van der Waals surface area contributed by atoms with Gasteiger partial charge in [-0.3, -0.25) is 9.79 Å². The summed E-state index contributed by atoms with van der Waals surface area (Å²) in [5.41, 5.74) is 0. The van der Waals surface area contributed by atoms with E-state index in [1.54, 1.807) is 4.90 Å². The van der Waals surface area contributed by atoms with Gasteiger partial charge in [0.1, 0.15) is 6.17 Å². The molecule has 186 valence electrons. The van der Waals surface area contributed by atoms with Crippen LogP contribution >= 0.6 is 0 Å². The molecule has 3 unspecified atom stereocenters. The van der Waals surface area contributed by atoms with E-state index in [1.807, 2.05) is 0 Å². The summed E-state index contributed by atoms with van der Waals surface area (Å²) in [6.07, 6.45) is -3.29. The van der Waals surface area contributed by atoms with E-state index in [4.69, 9.17) is 0 Å². The molecule has 0 aromatic carbocycles. The minimum atomic E-state index is -4.28. The number of aliphatic imine (C=N–C) groups is 2. The van der Waals surface area contributed by atoms with Crippen LogP contribution in [0, 0.1) is 11.8 Å². The van der Waals surface area contributed by atoms with Gasteiger partial charge in [-0.25, -0.2) is 13.8 Å². The van der Waals surface area contributed by atoms with Crippen LogP contribution in [0.5, 0.6) is 0 Å². The van der Waals surface area contributed by atoms with E-state index in [0.717, 1.165) is 12.8 Å². The zero-order valence-corrected chi connectivity index (χ0v) is 18.7. The maximum absolute atomic E-state index is 13.8. The number of hydrogen-bond acceptors (Lipinski definition) is 6. The Kier molecular flexibility index (Phi) is 6.73. The number of alkyl halides is 5. The van der Waals surface area contributed by atoms with Crippen LogP contribution < -0.4 is 10.6 Å². The van der Waals surface area contributed by atoms with Crippen LogP contribution in [-0.2, 0) is 4.79 Å². The number of amides is 1. The van der Waals surface area contributed by atoms with Crippen LogP contribution in [-0.4, -0.2) is 84.5 Å². The maximum Gasteiger partial charge on any atom is 0.392 e. The van der Waals surface area contributed by atoms with Crippen molar-refractivity contribution < 1.29 is 26.7 Å². The number of hydrogen-bond donors (Lipinski definition) is 2. The summed E-state index contributed by atoms with van der Waals surface area (Å²) in [7, 11) is 0. The topological polar surface area (TPSA) is 72.3 Å². The van der Waals surface area contributed by atoms with Gasteiger partial charge in [0.2, 0.25) is 5.91 Å². The number of nitrogens with zero attached hydrogens (tertiary/aromatic N) is 4. The molecule has 2 saturated heterocycles. The largest absolute Gasteiger partial charge is 0.392 e. The first-order valence-electron chi connectivity index (χ1n) is 11.6. The molecule has 2 N–H and O–H groups in total. The summed E-state index contributed by atoms with van der Waals surface area (Å²) < 4.78 is 67.3. The molecule has 0 radical (unpaired) electrons. The molecule has 1 amide bonds. The van der Waals surface area contributed by atoms with Crippen LogP contribution in [0.25, 0.3) is 0 Å². The number of carbonyl (C=O) groups is 1. The van der Waals surface area contributed by atoms with Crippen LogP contribution in [0.2, 0.25) is 0 Å². The van der Waals surface area contributed by atoms with Gasteiger partial charge in [0.15, 0.2) is 5.96 Å². The fraction of sp³-hybridized carbons (Fsp3) is 0.857. The van der Waals surface area contributed by atoms with Gasteiger partial charge in [-0.1, -0.05) is 0 Å². The number of carbonyl (C=O) groups excluding carboxylic acids is 1. The average molecular weight is 479 g/mol. The lowest BCUT2D eigenvalue weighted by molar-refractivity contribution is -0.174. The lowest BCUT2D eigenvalue weighted by Gasteiger charge is -2.41. The molecule has 0 aromatic heterocycles. The van der Waals surface area contributed by atoms with Gasteiger partial charge in [0, 0.05) is 58.4 Å². The van der Waals surface area contributed by atoms with Gasteiger partial charge in [-0.15, -0.1) is 0 Å². The molecule has 0 saturated carbocycles. The number of rotatable bonds is 2. The summed E-state index contributed by atoms with van der Waals surface area (Å²) in [5, 5.41) is 6.40. The second-order valence-corrected chi connectivity index (χ2v) is 9.53. The lowest BCUT2D eigenvalue weighted by atomic mass is 9.86. The van der Waals surface area contributed by atoms with Crippen molar-refractivity contribution in [2.24, 2.45) is 21.8 Å². The fourth-order valence-corrected chi connectivity index (χ4v) is 5.14. The monoisotopic (exact) mass is 478 g/mol. The van der Waals surface area contributed by atoms with E-state index in [-0.39, 0.29) is 56.1 Å². The first-order chi connectivity index (χ1) is 15.5. The fourth-order valence-electron chi connectivity index (χ4n) is 5.14. The quantitative estimate of drug-likeness (QED) is 0.599. The molecule has 12 heteroatoms. The van der Waals surface area contributed by atoms with Gasteiger partial charge < -0.3 is 20.4 Å². The van der Waals surface area contributed by atoms with Crippen LogP contribution in [0.3, 0.4) is 0 Å². The highest BCUT2D eigenvalue weighted by Crippen LogP contribution is 2.34. The Morgan fingerprint density at radius 1 is 1.18 bits per heavy atom. The second kappa shape index (κ2) is 9.25. The number of likely N-dealkylation sites (tertiary alicyclic amines) is 2. The Bertz CT molecular complexity index is 793. The van der Waals surface area contributed by atoms with Gasteiger partial charge in [-0.2, -0.15) is 13.2 Å². The third kappa shape index (κ3) is 5.87. The number of nitrogens with one attached hydrogen (secondary N) is 2. The Labute approximate surface area is 189 Å². The highest BCUT2D eigenvalue weighted by Gasteiger charge is 2.43. The summed E-state index contributed by atoms with van der Waals surface area (Å²) in [6, 6.07) is -0.0825. The molecule has 3 atom stereocenters. The van der Waals surface area contributed by atoms with Crippen LogP contribution in [0.4, 0.5) is 22.0 Å². The molecule has 0 aromatic rings. The predicted molar refractivity (Wildman–Crippen MR) is 113 cm³/mol. The van der Waals surface area contributed by atoms with Crippen molar-refractivity contribution in [2.75, 3.05) is 32.7 Å². The van der Waals surface area contributed by atoms with E-state index in [2.05, 4.69) is 20.6 Å². The Hall–Kier alpha value is -2.14. The average Bonchev–Trinajstić information content (AvgIpc) is 3.13. The number of piperidine rings is 1. The second-order valence-electron chi connectivity index (χ2n) is 9.53. The van der Waals surface area contributed by atoms with Gasteiger partial charge in [0.25, 0.3) is 5.92 Å². The van der Waals surface area contributed by atoms with Crippen LogP contribution in [0.15, 0.2) is 9.98 Å². The first kappa shape index (κ1) is 24.0. The lowest BCUT2D eigenvalue weighted by Crippen LogP contribution is -2.57. The number of guanidine groups is 1. The third-order valence-electron chi connectivity index (χ3n) is 7.11. The van der Waals surface area contributed by atoms with E-state index in [0.29, 0.717) is 25.5 Å². The SMILES string of the molecule is CC(=O)N1CCC(C2CC(NC3=NCCC(C(F)(F)F)C3)N=C(N3CCC(F)(F)C3)N2)CC1. The zero-order valence-electron chi connectivity index (χ0n) is 18.7. The normalized spacial score (nSPS) is 31.0. The van der Waals surface area contributed by atoms with Crippen molar-refractivity contribution >= 4 is 17.7 Å². The molecule has 7 nitrogen and oxygen atoms in total. The predicted octanol–water partition coefficient (Wildman–Crippen LogP) is 2.59. The minimum absolute atomic E-state index is 0.0284. The molecule has 4 heterocycles. The molecule has 2 fully saturated rings. The van der Waals surface area contributed by atoms with Gasteiger partial charge in [-0.05, 0) is 25.2 Å². The smallest absolute Gasteiger partial charge is 0.353 e. The third-order valence-corrected chi connectivity index (χ3v) is 7.11. The molecule has 4 aliphatic rings. The Balaban J connectivity index is 1.47. The van der Waals surface area contributed by atoms with Crippen molar-refractivity contribution in [1.29, 1.82) is 0 Å². The zero-order chi connectivity index (χ0) is 23.8. The van der Waals surface area contributed by atoms with Crippen molar-refractivity contribution in [2.45, 2.75) is 69.8 Å². The van der Waals surface area contributed by atoms with Gasteiger partial charge in [0.05, 0.1) is 18.3 Å². The van der Waals surface area contributed by atoms with Crippen molar-refractivity contribution in [1.82, 2.24) is 20.4 Å². The molecule has 4 rings (SSSR count). The van der Waals surface area contributed by atoms with Gasteiger partial charge >= 0.3 is 6.18 Å². The Morgan fingerprint density at radius 2 is 1.91 bits per heavy atom. The molecule has 33 heavy (non-hydrogen) atoms. The maximum atomic E-state index is 13.8. The van der Waals surface area contributed by atoms with E-state index < -0.39 is 30.7 Å². The minimum Gasteiger partial charge on any atom is -0.353 e. The highest BCUT2D eigenvalue weighted by atomic mass is 19.4. The summed E-state index contributed by atoms with van der Waals surface area (Å²) in [6.45, 7) is 2.63. The molecule has 0 bridgehead atoms.